The smallest absolute Gasteiger partial charge is 0.342 e. The van der Waals surface area contributed by atoms with Crippen molar-refractivity contribution in [3.8, 4) is 46.0 Å². The number of likely N-dealkylation sites (N-methyl/N-ethyl adjacent to an activating group) is 4. The van der Waals surface area contributed by atoms with Crippen molar-refractivity contribution in [3.63, 3.8) is 0 Å². The largest absolute Gasteiger partial charge is 0.508 e. The zero-order chi connectivity index (χ0) is 92.3. The van der Waals surface area contributed by atoms with Gasteiger partial charge >= 0.3 is 23.9 Å². The summed E-state index contributed by atoms with van der Waals surface area (Å²) in [4.78, 5) is 127. The van der Waals surface area contributed by atoms with E-state index < -0.39 is 35.4 Å². The van der Waals surface area contributed by atoms with Gasteiger partial charge in [0.15, 0.2) is 26.4 Å². The van der Waals surface area contributed by atoms with E-state index in [0.29, 0.717) is 112 Å². The Morgan fingerprint density at radius 2 is 0.532 bits per heavy atom. The third-order valence-electron chi connectivity index (χ3n) is 19.2. The van der Waals surface area contributed by atoms with Crippen molar-refractivity contribution < 1.29 is 118 Å². The van der Waals surface area contributed by atoms with Crippen LogP contribution >= 0.6 is 23.2 Å². The molecule has 0 saturated heterocycles. The van der Waals surface area contributed by atoms with Gasteiger partial charge in [-0.25, -0.2) is 19.2 Å². The SMILES string of the molecule is CCN(CC)C(=O)CO/N=C1/C=C/CC/C=C/CCOC(=O)c2c(O)cc(O)c(Cl)c2C1.CCN(CC)C(=O)CO/N=C1/C=C/CC/C=C/CCOC(=O)c2c(O)cc(O)cc2C1.CCN(CC)C(=O)CO/N=C1\C=C\CC/C=C/CCOC(=O)c2c(O)cc(O)c(Cl)c2C1.CCN(CC)C(=O)CO/N=C1\C=C\CC/C=C/CCOC(=O)c2c(O)cc(O)cc2C1. The summed E-state index contributed by atoms with van der Waals surface area (Å²) in [7, 11) is 0. The summed E-state index contributed by atoms with van der Waals surface area (Å²) in [5.74, 6) is -6.40. The summed E-state index contributed by atoms with van der Waals surface area (Å²) in [5.41, 5.74) is 2.25. The van der Waals surface area contributed by atoms with Gasteiger partial charge in [-0.2, -0.15) is 0 Å². The summed E-state index contributed by atoms with van der Waals surface area (Å²) in [5, 5.41) is 97.2. The topological polar surface area (TPSA) is 435 Å². The van der Waals surface area contributed by atoms with E-state index in [1.807, 2.05) is 128 Å². The highest BCUT2D eigenvalue weighted by Crippen LogP contribution is 2.40. The van der Waals surface area contributed by atoms with Crippen LogP contribution in [0.5, 0.6) is 46.0 Å². The first-order valence-electron chi connectivity index (χ1n) is 42.1. The molecule has 4 aromatic rings. The van der Waals surface area contributed by atoms with E-state index in [-0.39, 0.29) is 180 Å². The van der Waals surface area contributed by atoms with Crippen molar-refractivity contribution in [2.75, 3.05) is 105 Å². The third-order valence-corrected chi connectivity index (χ3v) is 20.1. The number of benzene rings is 4. The third kappa shape index (κ3) is 35.6. The lowest BCUT2D eigenvalue weighted by Crippen LogP contribution is -2.33. The summed E-state index contributed by atoms with van der Waals surface area (Å²) in [6.07, 6.45) is 38.8. The molecule has 34 heteroatoms. The number of allylic oxidation sites excluding steroid dienone is 12. The lowest BCUT2D eigenvalue weighted by molar-refractivity contribution is -0.136. The molecule has 32 nitrogen and oxygen atoms in total. The molecule has 126 heavy (non-hydrogen) atoms. The van der Waals surface area contributed by atoms with Crippen molar-refractivity contribution in [1.29, 1.82) is 0 Å². The van der Waals surface area contributed by atoms with E-state index in [0.717, 1.165) is 75.6 Å². The van der Waals surface area contributed by atoms with Gasteiger partial charge in [0, 0.05) is 102 Å². The Hall–Kier alpha value is -12.6. The van der Waals surface area contributed by atoms with Crippen molar-refractivity contribution in [2.45, 2.75) is 158 Å². The molecule has 0 fully saturated rings. The minimum absolute atomic E-state index is 0.0286. The molecule has 0 unspecified atom stereocenters. The molecule has 4 aliphatic rings. The lowest BCUT2D eigenvalue weighted by atomic mass is 9.99. The van der Waals surface area contributed by atoms with Gasteiger partial charge in [-0.1, -0.05) is 117 Å². The first-order valence-corrected chi connectivity index (χ1v) is 42.8. The fourth-order valence-corrected chi connectivity index (χ4v) is 13.0. The van der Waals surface area contributed by atoms with E-state index in [9.17, 15) is 79.2 Å². The van der Waals surface area contributed by atoms with Crippen LogP contribution in [0.15, 0.2) is 154 Å². The maximum atomic E-state index is 12.6. The highest BCUT2D eigenvalue weighted by molar-refractivity contribution is 6.34. The van der Waals surface area contributed by atoms with Crippen molar-refractivity contribution >= 4 is 93.6 Å². The van der Waals surface area contributed by atoms with Crippen LogP contribution in [-0.2, 0) is 83.2 Å². The summed E-state index contributed by atoms with van der Waals surface area (Å²) in [6, 6.07) is 6.94. The van der Waals surface area contributed by atoms with Gasteiger partial charge in [0.25, 0.3) is 23.6 Å². The second-order valence-electron chi connectivity index (χ2n) is 28.1. The van der Waals surface area contributed by atoms with Gasteiger partial charge in [-0.05, 0) is 191 Å². The van der Waals surface area contributed by atoms with E-state index in [1.54, 1.807) is 43.9 Å². The fourth-order valence-electron chi connectivity index (χ4n) is 12.6. The minimum atomic E-state index is -0.759. The van der Waals surface area contributed by atoms with Crippen LogP contribution in [0.1, 0.15) is 196 Å². The second kappa shape index (κ2) is 57.8. The number of phenols is 8. The lowest BCUT2D eigenvalue weighted by Gasteiger charge is -2.17. The highest BCUT2D eigenvalue weighted by Gasteiger charge is 2.29. The molecule has 684 valence electrons. The normalized spacial score (nSPS) is 18.3. The molecular weight excluding hydrogens is 1670 g/mol. The molecule has 4 aromatic carbocycles. The van der Waals surface area contributed by atoms with Crippen LogP contribution in [0.4, 0.5) is 0 Å². The van der Waals surface area contributed by atoms with E-state index >= 15 is 0 Å². The second-order valence-corrected chi connectivity index (χ2v) is 28.8. The Labute approximate surface area is 744 Å². The van der Waals surface area contributed by atoms with Crippen LogP contribution in [0.25, 0.3) is 0 Å². The number of oxime groups is 4. The number of hydrogen-bond acceptors (Lipinski definition) is 28. The number of phenolic OH excluding ortho intramolecular Hbond substituents is 8. The molecule has 4 amide bonds. The average molecular weight is 1790 g/mol. The maximum absolute atomic E-state index is 12.6. The van der Waals surface area contributed by atoms with Gasteiger partial charge in [-0.15, -0.1) is 0 Å². The van der Waals surface area contributed by atoms with E-state index in [2.05, 4.69) is 20.6 Å². The Bertz CT molecular complexity index is 4390. The monoisotopic (exact) mass is 1790 g/mol. The molecule has 0 atom stereocenters. The number of esters is 4. The Balaban J connectivity index is 0.000000298. The van der Waals surface area contributed by atoms with E-state index in [1.165, 1.54) is 12.1 Å². The number of amides is 4. The summed E-state index contributed by atoms with van der Waals surface area (Å²) < 4.78 is 21.0. The summed E-state index contributed by atoms with van der Waals surface area (Å²) >= 11 is 12.5. The number of halogens is 2. The molecule has 8 N–H and O–H groups in total. The Morgan fingerprint density at radius 1 is 0.310 bits per heavy atom. The zero-order valence-corrected chi connectivity index (χ0v) is 74.3. The van der Waals surface area contributed by atoms with Crippen molar-refractivity contribution in [3.05, 3.63) is 188 Å². The quantitative estimate of drug-likeness (QED) is 0.0176. The standard InChI is InChI=1S/2C23H29ClN2O6.2C23H30N2O6/c2*1-3-26(4-2)20(29)15-32-25-16-11-9-7-5-6-8-10-12-31-23(30)21-17(13-16)22(24)19(28)14-18(21)27;2*1-3-25(4-2)21(28)16-31-24-18-11-9-7-5-6-8-10-12-30-23(29)22-17(13-18)14-19(26)15-20(22)27/h2*6,8-9,11,14,27-28H,3-5,7,10,12-13,15H2,1-2H3;2*6,8-9,11,14-15,26-27H,3-5,7,10,12-13,16H2,1-2H3/b8-6+,11-9+,25-16+;8-6+,11-9+,25-16-;8-6+,11-9+,24-18+;8-6+,11-9+,24-18-. The maximum Gasteiger partial charge on any atom is 0.342 e. The molecule has 0 aliphatic carbocycles. The van der Waals surface area contributed by atoms with Gasteiger partial charge in [-0.3, -0.25) is 19.2 Å². The number of ether oxygens (including phenoxy) is 4. The van der Waals surface area contributed by atoms with Crippen molar-refractivity contribution in [2.24, 2.45) is 20.6 Å². The molecule has 4 heterocycles. The average Bonchev–Trinajstić information content (AvgIpc) is 1.49. The van der Waals surface area contributed by atoms with Gasteiger partial charge < -0.3 is 98.7 Å². The number of nitrogens with zero attached hydrogens (tertiary/aromatic N) is 8. The van der Waals surface area contributed by atoms with Crippen molar-refractivity contribution in [1.82, 2.24) is 19.6 Å². The van der Waals surface area contributed by atoms with Gasteiger partial charge in [0.1, 0.15) is 68.2 Å². The fraction of sp³-hybridized carbons (Fsp3) is 0.435. The molecule has 0 radical (unpaired) electrons. The number of carbonyl (C=O) groups excluding carboxylic acids is 8. The van der Waals surface area contributed by atoms with Crippen LogP contribution in [-0.4, -0.2) is 236 Å². The predicted molar refractivity (Wildman–Crippen MR) is 479 cm³/mol. The number of rotatable bonds is 20. The predicted octanol–water partition coefficient (Wildman–Crippen LogP) is 14.6. The summed E-state index contributed by atoms with van der Waals surface area (Å²) in [6.45, 7) is 19.4. The number of hydrogen-bond donors (Lipinski definition) is 8. The van der Waals surface area contributed by atoms with Crippen LogP contribution in [0, 0.1) is 0 Å². The molecule has 0 saturated carbocycles. The number of aromatic hydroxyl groups is 8. The molecule has 0 spiro atoms. The number of cyclic esters (lactones) is 4. The molecular formula is C92H118Cl2N8O24. The van der Waals surface area contributed by atoms with E-state index in [4.69, 9.17) is 61.5 Å². The van der Waals surface area contributed by atoms with Crippen LogP contribution < -0.4 is 0 Å². The minimum Gasteiger partial charge on any atom is -0.508 e. The van der Waals surface area contributed by atoms with Crippen LogP contribution in [0.2, 0.25) is 10.0 Å². The van der Waals surface area contributed by atoms with Gasteiger partial charge in [0.05, 0.1) is 59.3 Å². The zero-order valence-electron chi connectivity index (χ0n) is 72.8. The molecule has 8 rings (SSSR count). The molecule has 4 aliphatic heterocycles. The van der Waals surface area contributed by atoms with Gasteiger partial charge in [0.2, 0.25) is 0 Å². The Kier molecular flexibility index (Phi) is 47.7. The van der Waals surface area contributed by atoms with Crippen LogP contribution in [0.3, 0.4) is 0 Å². The Morgan fingerprint density at radius 3 is 0.786 bits per heavy atom. The molecule has 0 bridgehead atoms. The first-order chi connectivity index (χ1) is 60.7. The number of carbonyl (C=O) groups is 8. The molecule has 0 aromatic heterocycles. The highest BCUT2D eigenvalue weighted by atomic mass is 35.5. The number of fused-ring (bicyclic) bond motifs is 4. The first kappa shape index (κ1) is 104.